The molecule has 4 heteroatoms. The summed E-state index contributed by atoms with van der Waals surface area (Å²) in [5, 5.41) is 3.26. The number of nitrogens with zero attached hydrogens (tertiary/aromatic N) is 1. The summed E-state index contributed by atoms with van der Waals surface area (Å²) in [6.07, 6.45) is 3.81. The molecule has 1 fully saturated rings. The van der Waals surface area contributed by atoms with Crippen molar-refractivity contribution in [2.75, 3.05) is 26.7 Å². The summed E-state index contributed by atoms with van der Waals surface area (Å²) in [6.45, 7) is 7.72. The third kappa shape index (κ3) is 3.68. The minimum atomic E-state index is -0.588. The highest BCUT2D eigenvalue weighted by Crippen LogP contribution is 2.25. The molecule has 4 nitrogen and oxygen atoms in total. The van der Waals surface area contributed by atoms with E-state index in [2.05, 4.69) is 17.3 Å². The van der Waals surface area contributed by atoms with E-state index < -0.39 is 5.54 Å². The van der Waals surface area contributed by atoms with Gasteiger partial charge < -0.3 is 15.0 Å². The Bertz CT molecular complexity index is 254. The van der Waals surface area contributed by atoms with E-state index in [1.807, 2.05) is 20.8 Å². The molecular weight excluding hydrogens is 216 g/mol. The van der Waals surface area contributed by atoms with Crippen molar-refractivity contribution in [1.29, 1.82) is 0 Å². The van der Waals surface area contributed by atoms with Crippen LogP contribution < -0.4 is 5.32 Å². The first-order valence-electron chi connectivity index (χ1n) is 6.66. The fourth-order valence-electron chi connectivity index (χ4n) is 2.33. The maximum absolute atomic E-state index is 12.0. The number of ether oxygens (including phenoxy) is 1. The van der Waals surface area contributed by atoms with Crippen LogP contribution in [0.15, 0.2) is 0 Å². The Labute approximate surface area is 105 Å². The van der Waals surface area contributed by atoms with E-state index >= 15 is 0 Å². The third-order valence-electron chi connectivity index (χ3n) is 3.56. The second-order valence-electron chi connectivity index (χ2n) is 5.08. The Hall–Kier alpha value is -0.610. The van der Waals surface area contributed by atoms with Gasteiger partial charge in [-0.05, 0) is 40.3 Å². The summed E-state index contributed by atoms with van der Waals surface area (Å²) in [5.41, 5.74) is -0.588. The van der Waals surface area contributed by atoms with E-state index in [0.29, 0.717) is 19.2 Å². The third-order valence-corrected chi connectivity index (χ3v) is 3.56. The molecule has 17 heavy (non-hydrogen) atoms. The summed E-state index contributed by atoms with van der Waals surface area (Å²) < 4.78 is 5.16. The molecule has 1 atom stereocenters. The molecule has 0 aromatic rings. The molecule has 1 unspecified atom stereocenters. The summed E-state index contributed by atoms with van der Waals surface area (Å²) in [4.78, 5) is 14.3. The number of esters is 1. The summed E-state index contributed by atoms with van der Waals surface area (Å²) in [7, 11) is 2.10. The van der Waals surface area contributed by atoms with Gasteiger partial charge in [-0.1, -0.05) is 13.3 Å². The number of carbonyl (C=O) groups is 1. The summed E-state index contributed by atoms with van der Waals surface area (Å²) in [6, 6.07) is 0.641. The maximum Gasteiger partial charge on any atom is 0.327 e. The van der Waals surface area contributed by atoms with Crippen molar-refractivity contribution >= 4 is 5.97 Å². The average Bonchev–Trinajstić information content (AvgIpc) is 2.15. The number of hydrogen-bond acceptors (Lipinski definition) is 4. The molecule has 0 radical (unpaired) electrons. The van der Waals surface area contributed by atoms with E-state index in [1.165, 1.54) is 19.3 Å². The summed E-state index contributed by atoms with van der Waals surface area (Å²) in [5.74, 6) is -0.145. The van der Waals surface area contributed by atoms with Gasteiger partial charge in [0, 0.05) is 12.6 Å². The van der Waals surface area contributed by atoms with Gasteiger partial charge >= 0.3 is 5.97 Å². The highest BCUT2D eigenvalue weighted by atomic mass is 16.5. The largest absolute Gasteiger partial charge is 0.465 e. The Morgan fingerprint density at radius 2 is 2.12 bits per heavy atom. The van der Waals surface area contributed by atoms with Crippen molar-refractivity contribution in [3.63, 3.8) is 0 Å². The van der Waals surface area contributed by atoms with E-state index in [-0.39, 0.29) is 5.97 Å². The Balaban J connectivity index is 2.58. The van der Waals surface area contributed by atoms with E-state index in [0.717, 1.165) is 6.54 Å². The minimum absolute atomic E-state index is 0.145. The average molecular weight is 242 g/mol. The number of nitrogens with one attached hydrogen (secondary N) is 1. The zero-order valence-electron chi connectivity index (χ0n) is 11.6. The van der Waals surface area contributed by atoms with Crippen molar-refractivity contribution in [3.05, 3.63) is 0 Å². The van der Waals surface area contributed by atoms with Gasteiger partial charge in [-0.25, -0.2) is 0 Å². The second kappa shape index (κ2) is 6.36. The molecule has 0 amide bonds. The molecular formula is C13H26N2O2. The van der Waals surface area contributed by atoms with Crippen LogP contribution in [0.5, 0.6) is 0 Å². The van der Waals surface area contributed by atoms with Crippen molar-refractivity contribution in [2.24, 2.45) is 0 Å². The normalized spacial score (nSPS) is 19.8. The quantitative estimate of drug-likeness (QED) is 0.685. The number of carbonyl (C=O) groups excluding carboxylic acids is 1. The topological polar surface area (TPSA) is 41.6 Å². The number of rotatable bonds is 7. The van der Waals surface area contributed by atoms with Gasteiger partial charge in [0.25, 0.3) is 0 Å². The van der Waals surface area contributed by atoms with Gasteiger partial charge in [-0.15, -0.1) is 0 Å². The molecule has 0 aromatic heterocycles. The molecule has 100 valence electrons. The molecule has 0 aliphatic heterocycles. The van der Waals surface area contributed by atoms with Crippen LogP contribution >= 0.6 is 0 Å². The van der Waals surface area contributed by atoms with Gasteiger partial charge in [0.15, 0.2) is 0 Å². The summed E-state index contributed by atoms with van der Waals surface area (Å²) >= 11 is 0. The van der Waals surface area contributed by atoms with Gasteiger partial charge in [0.05, 0.1) is 6.61 Å². The van der Waals surface area contributed by atoms with E-state index in [9.17, 15) is 4.79 Å². The van der Waals surface area contributed by atoms with Crippen molar-refractivity contribution in [1.82, 2.24) is 10.2 Å². The zero-order valence-corrected chi connectivity index (χ0v) is 11.6. The molecule has 0 heterocycles. The molecule has 0 aromatic carbocycles. The van der Waals surface area contributed by atoms with Gasteiger partial charge in [0.2, 0.25) is 0 Å². The predicted octanol–water partition coefficient (Wildman–Crippen LogP) is 1.40. The molecule has 1 N–H and O–H groups in total. The standard InChI is InChI=1S/C13H26N2O2/c1-5-14-13(3,12(16)17-6-2)10-15(4)11-8-7-9-11/h11,14H,5-10H2,1-4H3. The van der Waals surface area contributed by atoms with Gasteiger partial charge in [-0.2, -0.15) is 0 Å². The molecule has 0 bridgehead atoms. The molecule has 0 spiro atoms. The number of likely N-dealkylation sites (N-methyl/N-ethyl adjacent to an activating group) is 2. The first kappa shape index (κ1) is 14.5. The van der Waals surface area contributed by atoms with Crippen LogP contribution in [0.1, 0.15) is 40.0 Å². The number of hydrogen-bond donors (Lipinski definition) is 1. The van der Waals surface area contributed by atoms with Crippen LogP contribution in [-0.4, -0.2) is 49.2 Å². The lowest BCUT2D eigenvalue weighted by Crippen LogP contribution is -2.59. The first-order valence-corrected chi connectivity index (χ1v) is 6.66. The van der Waals surface area contributed by atoms with Crippen LogP contribution in [0.2, 0.25) is 0 Å². The van der Waals surface area contributed by atoms with Crippen molar-refractivity contribution < 1.29 is 9.53 Å². The Kier molecular flexibility index (Phi) is 5.40. The Morgan fingerprint density at radius 3 is 2.53 bits per heavy atom. The van der Waals surface area contributed by atoms with Crippen LogP contribution in [0.3, 0.4) is 0 Å². The smallest absolute Gasteiger partial charge is 0.327 e. The predicted molar refractivity (Wildman–Crippen MR) is 69.0 cm³/mol. The fraction of sp³-hybridized carbons (Fsp3) is 0.923. The lowest BCUT2D eigenvalue weighted by molar-refractivity contribution is -0.151. The maximum atomic E-state index is 12.0. The van der Waals surface area contributed by atoms with Crippen LogP contribution in [0, 0.1) is 0 Å². The monoisotopic (exact) mass is 242 g/mol. The second-order valence-corrected chi connectivity index (χ2v) is 5.08. The van der Waals surface area contributed by atoms with E-state index in [4.69, 9.17) is 4.74 Å². The lowest BCUT2D eigenvalue weighted by Gasteiger charge is -2.40. The van der Waals surface area contributed by atoms with Crippen LogP contribution in [0.25, 0.3) is 0 Å². The van der Waals surface area contributed by atoms with Gasteiger partial charge in [0.1, 0.15) is 5.54 Å². The molecule has 0 saturated heterocycles. The lowest BCUT2D eigenvalue weighted by atomic mass is 9.90. The Morgan fingerprint density at radius 1 is 1.47 bits per heavy atom. The molecule has 1 aliphatic rings. The molecule has 1 saturated carbocycles. The van der Waals surface area contributed by atoms with Crippen molar-refractivity contribution in [3.8, 4) is 0 Å². The first-order chi connectivity index (χ1) is 8.03. The molecule has 1 rings (SSSR count). The van der Waals surface area contributed by atoms with Gasteiger partial charge in [-0.3, -0.25) is 4.79 Å². The van der Waals surface area contributed by atoms with Crippen molar-refractivity contribution in [2.45, 2.75) is 51.6 Å². The highest BCUT2D eigenvalue weighted by molar-refractivity contribution is 5.80. The fourth-order valence-corrected chi connectivity index (χ4v) is 2.33. The minimum Gasteiger partial charge on any atom is -0.465 e. The van der Waals surface area contributed by atoms with E-state index in [1.54, 1.807) is 0 Å². The van der Waals surface area contributed by atoms with Crippen LogP contribution in [0.4, 0.5) is 0 Å². The zero-order chi connectivity index (χ0) is 12.9. The highest BCUT2D eigenvalue weighted by Gasteiger charge is 2.37. The SMILES string of the molecule is CCNC(C)(CN(C)C1CCC1)C(=O)OCC. The van der Waals surface area contributed by atoms with Crippen LogP contribution in [-0.2, 0) is 9.53 Å². The molecule has 1 aliphatic carbocycles.